The summed E-state index contributed by atoms with van der Waals surface area (Å²) in [5, 5.41) is 0. The van der Waals surface area contributed by atoms with Crippen LogP contribution in [0.4, 0.5) is 0 Å². The highest BCUT2D eigenvalue weighted by Crippen LogP contribution is 2.28. The Labute approximate surface area is 88.9 Å². The highest BCUT2D eigenvalue weighted by atomic mass is 15.1. The minimum absolute atomic E-state index is 0.921. The van der Waals surface area contributed by atoms with Gasteiger partial charge in [0, 0.05) is 12.6 Å². The minimum Gasteiger partial charge on any atom is -0.303 e. The van der Waals surface area contributed by atoms with Crippen molar-refractivity contribution in [3.63, 3.8) is 0 Å². The number of hydrogen-bond acceptors (Lipinski definition) is 1. The molecule has 14 heavy (non-hydrogen) atoms. The summed E-state index contributed by atoms with van der Waals surface area (Å²) in [6.45, 7) is 1.38. The van der Waals surface area contributed by atoms with E-state index in [1.807, 2.05) is 0 Å². The number of rotatable bonds is 3. The lowest BCUT2D eigenvalue weighted by Gasteiger charge is -2.32. The van der Waals surface area contributed by atoms with E-state index in [4.69, 9.17) is 0 Å². The summed E-state index contributed by atoms with van der Waals surface area (Å²) >= 11 is 0. The Bertz CT molecular complexity index is 155. The zero-order chi connectivity index (χ0) is 9.80. The van der Waals surface area contributed by atoms with Gasteiger partial charge in [0.15, 0.2) is 0 Å². The van der Waals surface area contributed by atoms with Crippen LogP contribution in [0.2, 0.25) is 0 Å². The molecule has 2 saturated carbocycles. The summed E-state index contributed by atoms with van der Waals surface area (Å²) in [6.07, 6.45) is 13.3. The minimum atomic E-state index is 0.921. The van der Waals surface area contributed by atoms with E-state index in [0.717, 1.165) is 12.0 Å². The van der Waals surface area contributed by atoms with Crippen molar-refractivity contribution >= 4 is 0 Å². The lowest BCUT2D eigenvalue weighted by Crippen LogP contribution is -2.36. The Kier molecular flexibility index (Phi) is 3.86. The average Bonchev–Trinajstić information content (AvgIpc) is 2.72. The zero-order valence-corrected chi connectivity index (χ0v) is 9.67. The largest absolute Gasteiger partial charge is 0.303 e. The molecular weight excluding hydrogens is 170 g/mol. The fraction of sp³-hybridized carbons (Fsp3) is 1.00. The van der Waals surface area contributed by atoms with Gasteiger partial charge in [-0.25, -0.2) is 0 Å². The molecular formula is C13H25N. The van der Waals surface area contributed by atoms with Gasteiger partial charge in [0.2, 0.25) is 0 Å². The van der Waals surface area contributed by atoms with Gasteiger partial charge in [0.1, 0.15) is 0 Å². The van der Waals surface area contributed by atoms with Crippen molar-refractivity contribution in [1.29, 1.82) is 0 Å². The fourth-order valence-electron chi connectivity index (χ4n) is 3.27. The smallest absolute Gasteiger partial charge is 0.00923 e. The molecule has 0 aliphatic heterocycles. The first kappa shape index (κ1) is 10.5. The Morgan fingerprint density at radius 3 is 2.07 bits per heavy atom. The Balaban J connectivity index is 1.72. The molecule has 0 saturated heterocycles. The van der Waals surface area contributed by atoms with E-state index in [-0.39, 0.29) is 0 Å². The molecule has 1 nitrogen and oxygen atoms in total. The van der Waals surface area contributed by atoms with Crippen LogP contribution in [0.1, 0.15) is 57.8 Å². The molecule has 82 valence electrons. The molecule has 0 bridgehead atoms. The van der Waals surface area contributed by atoms with Crippen LogP contribution in [-0.4, -0.2) is 24.5 Å². The summed E-state index contributed by atoms with van der Waals surface area (Å²) in [5.41, 5.74) is 0. The third kappa shape index (κ3) is 2.73. The molecule has 0 radical (unpaired) electrons. The summed E-state index contributed by atoms with van der Waals surface area (Å²) in [4.78, 5) is 2.66. The maximum absolute atomic E-state index is 2.66. The van der Waals surface area contributed by atoms with Crippen molar-refractivity contribution in [3.05, 3.63) is 0 Å². The average molecular weight is 195 g/mol. The summed E-state index contributed by atoms with van der Waals surface area (Å²) < 4.78 is 0. The van der Waals surface area contributed by atoms with Crippen LogP contribution >= 0.6 is 0 Å². The number of hydrogen-bond donors (Lipinski definition) is 0. The molecule has 0 aromatic carbocycles. The third-order valence-corrected chi connectivity index (χ3v) is 4.22. The van der Waals surface area contributed by atoms with Crippen molar-refractivity contribution in [1.82, 2.24) is 4.90 Å². The van der Waals surface area contributed by atoms with Crippen molar-refractivity contribution in [3.8, 4) is 0 Å². The lowest BCUT2D eigenvalue weighted by molar-refractivity contribution is 0.167. The maximum atomic E-state index is 2.66. The van der Waals surface area contributed by atoms with E-state index >= 15 is 0 Å². The molecule has 1 heteroatoms. The van der Waals surface area contributed by atoms with Gasteiger partial charge in [0.05, 0.1) is 0 Å². The van der Waals surface area contributed by atoms with Crippen LogP contribution in [0.15, 0.2) is 0 Å². The highest BCUT2D eigenvalue weighted by molar-refractivity contribution is 4.77. The van der Waals surface area contributed by atoms with Gasteiger partial charge >= 0.3 is 0 Å². The van der Waals surface area contributed by atoms with E-state index in [9.17, 15) is 0 Å². The van der Waals surface area contributed by atoms with Crippen molar-refractivity contribution in [2.75, 3.05) is 13.6 Å². The van der Waals surface area contributed by atoms with E-state index in [1.165, 1.54) is 64.3 Å². The second-order valence-corrected chi connectivity index (χ2v) is 5.38. The lowest BCUT2D eigenvalue weighted by atomic mass is 9.93. The molecule has 0 aromatic rings. The molecule has 2 aliphatic carbocycles. The highest BCUT2D eigenvalue weighted by Gasteiger charge is 2.22. The normalized spacial score (nSPS) is 26.1. The van der Waals surface area contributed by atoms with E-state index in [1.54, 1.807) is 0 Å². The van der Waals surface area contributed by atoms with Crippen molar-refractivity contribution < 1.29 is 0 Å². The predicted molar refractivity (Wildman–Crippen MR) is 61.5 cm³/mol. The maximum Gasteiger partial charge on any atom is 0.00923 e. The van der Waals surface area contributed by atoms with Crippen LogP contribution in [0.3, 0.4) is 0 Å². The molecule has 0 atom stereocenters. The summed E-state index contributed by atoms with van der Waals surface area (Å²) in [7, 11) is 2.36. The van der Waals surface area contributed by atoms with Crippen molar-refractivity contribution in [2.45, 2.75) is 63.8 Å². The van der Waals surface area contributed by atoms with Crippen LogP contribution < -0.4 is 0 Å². The van der Waals surface area contributed by atoms with Crippen LogP contribution in [0.25, 0.3) is 0 Å². The summed E-state index contributed by atoms with van der Waals surface area (Å²) in [5.74, 6) is 1.03. The van der Waals surface area contributed by atoms with Gasteiger partial charge in [-0.15, -0.1) is 0 Å². The second kappa shape index (κ2) is 5.16. The van der Waals surface area contributed by atoms with Gasteiger partial charge in [-0.05, 0) is 38.6 Å². The van der Waals surface area contributed by atoms with Crippen LogP contribution in [0.5, 0.6) is 0 Å². The molecule has 0 aromatic heterocycles. The molecule has 2 aliphatic rings. The fourth-order valence-corrected chi connectivity index (χ4v) is 3.27. The van der Waals surface area contributed by atoms with Gasteiger partial charge in [-0.3, -0.25) is 0 Å². The first-order valence-electron chi connectivity index (χ1n) is 6.56. The quantitative estimate of drug-likeness (QED) is 0.667. The predicted octanol–water partition coefficient (Wildman–Crippen LogP) is 3.44. The van der Waals surface area contributed by atoms with E-state index < -0.39 is 0 Å². The third-order valence-electron chi connectivity index (χ3n) is 4.22. The van der Waals surface area contributed by atoms with E-state index in [2.05, 4.69) is 11.9 Å². The molecule has 2 rings (SSSR count). The second-order valence-electron chi connectivity index (χ2n) is 5.38. The zero-order valence-electron chi connectivity index (χ0n) is 9.67. The topological polar surface area (TPSA) is 3.24 Å². The van der Waals surface area contributed by atoms with Gasteiger partial charge in [-0.2, -0.15) is 0 Å². The molecule has 2 fully saturated rings. The molecule has 0 heterocycles. The van der Waals surface area contributed by atoms with Crippen LogP contribution in [-0.2, 0) is 0 Å². The molecule has 0 spiro atoms. The molecule has 0 amide bonds. The standard InChI is InChI=1S/C13H25N/c1-14(11-12-7-5-6-8-12)13-9-3-2-4-10-13/h12-13H,2-11H2,1H3. The Morgan fingerprint density at radius 2 is 1.43 bits per heavy atom. The van der Waals surface area contributed by atoms with Crippen molar-refractivity contribution in [2.24, 2.45) is 5.92 Å². The first-order valence-corrected chi connectivity index (χ1v) is 6.56. The Hall–Kier alpha value is -0.0400. The molecule has 0 N–H and O–H groups in total. The van der Waals surface area contributed by atoms with Gasteiger partial charge in [0.25, 0.3) is 0 Å². The summed E-state index contributed by atoms with van der Waals surface area (Å²) in [6, 6.07) is 0.921. The molecule has 0 unspecified atom stereocenters. The number of nitrogens with zero attached hydrogens (tertiary/aromatic N) is 1. The first-order chi connectivity index (χ1) is 6.86. The Morgan fingerprint density at radius 1 is 0.857 bits per heavy atom. The van der Waals surface area contributed by atoms with Crippen LogP contribution in [0, 0.1) is 5.92 Å². The SMILES string of the molecule is CN(CC1CCCC1)C1CCCCC1. The van der Waals surface area contributed by atoms with E-state index in [0.29, 0.717) is 0 Å². The monoisotopic (exact) mass is 195 g/mol. The van der Waals surface area contributed by atoms with Gasteiger partial charge in [-0.1, -0.05) is 32.1 Å². The van der Waals surface area contributed by atoms with Gasteiger partial charge < -0.3 is 4.90 Å².